The van der Waals surface area contributed by atoms with Gasteiger partial charge in [0.1, 0.15) is 11.4 Å². The summed E-state index contributed by atoms with van der Waals surface area (Å²) in [4.78, 5) is 19.6. The van der Waals surface area contributed by atoms with Crippen molar-refractivity contribution in [1.29, 1.82) is 5.26 Å². The molecule has 132 valence electrons. The molecule has 3 rings (SSSR count). The number of nitrogens with two attached hydrogens (primary N) is 2. The number of rotatable bonds is 6. The van der Waals surface area contributed by atoms with E-state index in [0.717, 1.165) is 46.7 Å². The molecule has 0 saturated carbocycles. The fourth-order valence-corrected chi connectivity index (χ4v) is 4.41. The Labute approximate surface area is 150 Å². The van der Waals surface area contributed by atoms with Crippen molar-refractivity contribution < 1.29 is 9.53 Å². The maximum atomic E-state index is 11.3. The summed E-state index contributed by atoms with van der Waals surface area (Å²) in [5.74, 6) is -0.0113. The van der Waals surface area contributed by atoms with Crippen LogP contribution in [0.2, 0.25) is 0 Å². The summed E-state index contributed by atoms with van der Waals surface area (Å²) in [6, 6.07) is 3.97. The molecule has 1 unspecified atom stereocenters. The number of anilines is 2. The second-order valence-corrected chi connectivity index (χ2v) is 7.30. The SMILES string of the molecule is N#CCOCC1CCCN(c2ccnc3sc(CC(N)=O)c(N)c23)C1. The largest absolute Gasteiger partial charge is 0.397 e. The van der Waals surface area contributed by atoms with Gasteiger partial charge in [-0.2, -0.15) is 5.26 Å². The van der Waals surface area contributed by atoms with Crippen LogP contribution in [-0.2, 0) is 16.0 Å². The summed E-state index contributed by atoms with van der Waals surface area (Å²) < 4.78 is 5.39. The van der Waals surface area contributed by atoms with Crippen LogP contribution in [0.3, 0.4) is 0 Å². The number of carbonyl (C=O) groups is 1. The molecule has 8 heteroatoms. The molecule has 0 aliphatic carbocycles. The monoisotopic (exact) mass is 359 g/mol. The highest BCUT2D eigenvalue weighted by Gasteiger charge is 2.24. The normalized spacial score (nSPS) is 17.6. The van der Waals surface area contributed by atoms with Gasteiger partial charge in [-0.3, -0.25) is 4.79 Å². The second kappa shape index (κ2) is 7.68. The summed E-state index contributed by atoms with van der Waals surface area (Å²) >= 11 is 1.42. The van der Waals surface area contributed by atoms with Crippen LogP contribution in [-0.4, -0.2) is 37.2 Å². The first-order valence-corrected chi connectivity index (χ1v) is 9.05. The number of primary amides is 1. The number of pyridine rings is 1. The number of carbonyl (C=O) groups excluding carboxylic acids is 1. The van der Waals surface area contributed by atoms with Gasteiger partial charge in [0.25, 0.3) is 0 Å². The Kier molecular flexibility index (Phi) is 5.36. The Morgan fingerprint density at radius 2 is 2.40 bits per heavy atom. The lowest BCUT2D eigenvalue weighted by atomic mass is 9.98. The molecule has 0 aromatic carbocycles. The van der Waals surface area contributed by atoms with Gasteiger partial charge < -0.3 is 21.1 Å². The minimum absolute atomic E-state index is 0.129. The summed E-state index contributed by atoms with van der Waals surface area (Å²) in [6.45, 7) is 2.51. The van der Waals surface area contributed by atoms with Gasteiger partial charge >= 0.3 is 0 Å². The molecule has 2 aromatic heterocycles. The maximum absolute atomic E-state index is 11.3. The molecule has 1 aliphatic rings. The smallest absolute Gasteiger partial charge is 0.222 e. The first-order chi connectivity index (χ1) is 12.1. The average Bonchev–Trinajstić information content (AvgIpc) is 2.91. The molecule has 0 bridgehead atoms. The highest BCUT2D eigenvalue weighted by Crippen LogP contribution is 2.39. The van der Waals surface area contributed by atoms with Crippen molar-refractivity contribution >= 4 is 38.8 Å². The van der Waals surface area contributed by atoms with Crippen molar-refractivity contribution in [3.63, 3.8) is 0 Å². The summed E-state index contributed by atoms with van der Waals surface area (Å²) in [5.41, 5.74) is 13.3. The molecule has 3 heterocycles. The first-order valence-electron chi connectivity index (χ1n) is 8.24. The molecule has 0 radical (unpaired) electrons. The third-order valence-electron chi connectivity index (χ3n) is 4.40. The van der Waals surface area contributed by atoms with Crippen molar-refractivity contribution in [1.82, 2.24) is 4.98 Å². The number of nitriles is 1. The number of nitrogen functional groups attached to an aromatic ring is 1. The van der Waals surface area contributed by atoms with Crippen molar-refractivity contribution in [3.05, 3.63) is 17.1 Å². The molecular weight excluding hydrogens is 338 g/mol. The number of thiophene rings is 1. The van der Waals surface area contributed by atoms with E-state index >= 15 is 0 Å². The quantitative estimate of drug-likeness (QED) is 0.757. The van der Waals surface area contributed by atoms with Crippen LogP contribution >= 0.6 is 11.3 Å². The van der Waals surface area contributed by atoms with Gasteiger partial charge in [-0.1, -0.05) is 0 Å². The van der Waals surface area contributed by atoms with E-state index in [1.807, 2.05) is 12.1 Å². The lowest BCUT2D eigenvalue weighted by Crippen LogP contribution is -2.37. The molecule has 0 spiro atoms. The zero-order valence-corrected chi connectivity index (χ0v) is 14.7. The van der Waals surface area contributed by atoms with E-state index in [4.69, 9.17) is 21.5 Å². The number of ether oxygens (including phenoxy) is 1. The molecule has 7 nitrogen and oxygen atoms in total. The maximum Gasteiger partial charge on any atom is 0.222 e. The van der Waals surface area contributed by atoms with Gasteiger partial charge in [0.2, 0.25) is 5.91 Å². The number of hydrogen-bond acceptors (Lipinski definition) is 7. The first kappa shape index (κ1) is 17.5. The van der Waals surface area contributed by atoms with E-state index in [2.05, 4.69) is 9.88 Å². The van der Waals surface area contributed by atoms with Gasteiger partial charge in [-0.05, 0) is 24.8 Å². The fraction of sp³-hybridized carbons (Fsp3) is 0.471. The van der Waals surface area contributed by atoms with Crippen LogP contribution < -0.4 is 16.4 Å². The number of nitrogens with zero attached hydrogens (tertiary/aromatic N) is 3. The topological polar surface area (TPSA) is 118 Å². The molecule has 25 heavy (non-hydrogen) atoms. The van der Waals surface area contributed by atoms with Crippen LogP contribution in [0.5, 0.6) is 0 Å². The van der Waals surface area contributed by atoms with Gasteiger partial charge in [0, 0.05) is 24.2 Å². The zero-order valence-electron chi connectivity index (χ0n) is 13.9. The van der Waals surface area contributed by atoms with E-state index in [0.29, 0.717) is 18.2 Å². The fourth-order valence-electron chi connectivity index (χ4n) is 3.32. The van der Waals surface area contributed by atoms with Crippen molar-refractivity contribution in [2.24, 2.45) is 11.7 Å². The number of fused-ring (bicyclic) bond motifs is 1. The van der Waals surface area contributed by atoms with E-state index in [1.54, 1.807) is 6.20 Å². The third-order valence-corrected chi connectivity index (χ3v) is 5.51. The molecule has 1 aliphatic heterocycles. The Morgan fingerprint density at radius 1 is 1.56 bits per heavy atom. The van der Waals surface area contributed by atoms with E-state index in [9.17, 15) is 4.79 Å². The van der Waals surface area contributed by atoms with Crippen LogP contribution in [0.1, 0.15) is 17.7 Å². The Bertz CT molecular complexity index is 813. The minimum atomic E-state index is -0.396. The van der Waals surface area contributed by atoms with Gasteiger partial charge in [-0.25, -0.2) is 4.98 Å². The molecule has 1 amide bonds. The number of amides is 1. The third kappa shape index (κ3) is 3.83. The van der Waals surface area contributed by atoms with Gasteiger partial charge in [-0.15, -0.1) is 11.3 Å². The average molecular weight is 359 g/mol. The van der Waals surface area contributed by atoms with Crippen molar-refractivity contribution in [2.75, 3.05) is 36.9 Å². The summed E-state index contributed by atoms with van der Waals surface area (Å²) in [6.07, 6.45) is 4.05. The molecular formula is C17H21N5O2S. The molecule has 1 atom stereocenters. The highest BCUT2D eigenvalue weighted by molar-refractivity contribution is 7.19. The minimum Gasteiger partial charge on any atom is -0.397 e. The molecule has 4 N–H and O–H groups in total. The van der Waals surface area contributed by atoms with Crippen LogP contribution in [0.4, 0.5) is 11.4 Å². The molecule has 1 fully saturated rings. The molecule has 2 aromatic rings. The van der Waals surface area contributed by atoms with E-state index in [-0.39, 0.29) is 13.0 Å². The van der Waals surface area contributed by atoms with Crippen LogP contribution in [0, 0.1) is 17.2 Å². The van der Waals surface area contributed by atoms with Crippen LogP contribution in [0.25, 0.3) is 10.2 Å². The predicted octanol–water partition coefficient (Wildman–Crippen LogP) is 1.66. The van der Waals surface area contributed by atoms with Crippen molar-refractivity contribution in [2.45, 2.75) is 19.3 Å². The summed E-state index contributed by atoms with van der Waals surface area (Å²) in [7, 11) is 0. The van der Waals surface area contributed by atoms with E-state index < -0.39 is 5.91 Å². The summed E-state index contributed by atoms with van der Waals surface area (Å²) in [5, 5.41) is 9.51. The lowest BCUT2D eigenvalue weighted by Gasteiger charge is -2.34. The van der Waals surface area contributed by atoms with Crippen LogP contribution in [0.15, 0.2) is 12.3 Å². The van der Waals surface area contributed by atoms with Crippen molar-refractivity contribution in [3.8, 4) is 6.07 Å². The number of piperidine rings is 1. The van der Waals surface area contributed by atoms with Gasteiger partial charge in [0.15, 0.2) is 0 Å². The predicted molar refractivity (Wildman–Crippen MR) is 98.3 cm³/mol. The zero-order chi connectivity index (χ0) is 17.8. The molecule has 1 saturated heterocycles. The standard InChI is InChI=1S/C17H21N5O2S/c18-4-7-24-10-11-2-1-6-22(9-11)12-3-5-21-17-15(12)16(20)13(25-17)8-14(19)23/h3,5,11H,1-2,6-10,20H2,(H2,19,23). The number of aromatic nitrogens is 1. The second-order valence-electron chi connectivity index (χ2n) is 6.22. The highest BCUT2D eigenvalue weighted by atomic mass is 32.1. The Hall–Kier alpha value is -2.37. The Balaban J connectivity index is 1.86. The van der Waals surface area contributed by atoms with E-state index in [1.165, 1.54) is 11.3 Å². The van der Waals surface area contributed by atoms with Gasteiger partial charge in [0.05, 0.1) is 35.9 Å². The number of hydrogen-bond donors (Lipinski definition) is 2. The Morgan fingerprint density at radius 3 is 3.16 bits per heavy atom. The lowest BCUT2D eigenvalue weighted by molar-refractivity contribution is -0.117.